The van der Waals surface area contributed by atoms with Crippen molar-refractivity contribution in [2.75, 3.05) is 38.5 Å². The molecule has 0 radical (unpaired) electrons. The average Bonchev–Trinajstić information content (AvgIpc) is 2.66. The Balaban J connectivity index is 2.11. The highest BCUT2D eigenvalue weighted by Crippen LogP contribution is 2.33. The molecule has 2 rings (SSSR count). The summed E-state index contributed by atoms with van der Waals surface area (Å²) in [5.41, 5.74) is 1.65. The first-order valence-corrected chi connectivity index (χ1v) is 7.98. The Hall–Kier alpha value is -3.49. The number of nitrogens with zero attached hydrogens (tertiary/aromatic N) is 1. The number of non-ortho nitro benzene ring substituents is 1. The Labute approximate surface area is 156 Å². The van der Waals surface area contributed by atoms with Crippen LogP contribution in [0.15, 0.2) is 30.3 Å². The molecule has 0 aliphatic rings. The van der Waals surface area contributed by atoms with E-state index >= 15 is 0 Å². The van der Waals surface area contributed by atoms with E-state index in [4.69, 9.17) is 14.2 Å². The van der Waals surface area contributed by atoms with Crippen LogP contribution in [0.5, 0.6) is 17.2 Å². The van der Waals surface area contributed by atoms with Gasteiger partial charge >= 0.3 is 0 Å². The summed E-state index contributed by atoms with van der Waals surface area (Å²) in [5, 5.41) is 16.5. The Bertz CT molecular complexity index is 853. The van der Waals surface area contributed by atoms with Crippen molar-refractivity contribution in [2.45, 2.75) is 6.92 Å². The molecule has 0 aliphatic carbocycles. The van der Waals surface area contributed by atoms with Crippen LogP contribution in [0.3, 0.4) is 0 Å². The van der Waals surface area contributed by atoms with Gasteiger partial charge in [0, 0.05) is 23.9 Å². The van der Waals surface area contributed by atoms with Crippen molar-refractivity contribution < 1.29 is 23.9 Å². The lowest BCUT2D eigenvalue weighted by molar-refractivity contribution is -0.384. The second-order valence-electron chi connectivity index (χ2n) is 5.57. The van der Waals surface area contributed by atoms with Gasteiger partial charge < -0.3 is 24.8 Å². The van der Waals surface area contributed by atoms with Crippen LogP contribution in [-0.2, 0) is 4.79 Å². The highest BCUT2D eigenvalue weighted by molar-refractivity contribution is 5.95. The van der Waals surface area contributed by atoms with E-state index in [2.05, 4.69) is 10.6 Å². The molecule has 9 heteroatoms. The van der Waals surface area contributed by atoms with Crippen molar-refractivity contribution in [3.63, 3.8) is 0 Å². The Kier molecular flexibility index (Phi) is 6.42. The number of anilines is 2. The van der Waals surface area contributed by atoms with E-state index in [1.165, 1.54) is 32.4 Å². The van der Waals surface area contributed by atoms with E-state index in [1.54, 1.807) is 19.2 Å². The lowest BCUT2D eigenvalue weighted by Gasteiger charge is -2.15. The zero-order valence-electron chi connectivity index (χ0n) is 15.5. The molecule has 0 aromatic heterocycles. The molecule has 9 nitrogen and oxygen atoms in total. The van der Waals surface area contributed by atoms with E-state index in [9.17, 15) is 14.9 Å². The normalized spacial score (nSPS) is 10.1. The summed E-state index contributed by atoms with van der Waals surface area (Å²) in [6, 6.07) is 7.51. The molecule has 0 saturated heterocycles. The number of benzene rings is 2. The van der Waals surface area contributed by atoms with Crippen LogP contribution in [-0.4, -0.2) is 38.7 Å². The number of carbonyl (C=O) groups excluding carboxylic acids is 1. The maximum Gasteiger partial charge on any atom is 0.271 e. The summed E-state index contributed by atoms with van der Waals surface area (Å²) >= 11 is 0. The number of nitro benzene ring substituents is 1. The lowest BCUT2D eigenvalue weighted by atomic mass is 10.1. The number of methoxy groups -OCH3 is 3. The van der Waals surface area contributed by atoms with Crippen LogP contribution in [0.4, 0.5) is 17.1 Å². The van der Waals surface area contributed by atoms with Crippen molar-refractivity contribution in [3.05, 3.63) is 46.0 Å². The molecule has 2 N–H and O–H groups in total. The molecular formula is C18H21N3O6. The second kappa shape index (κ2) is 8.75. The predicted molar refractivity (Wildman–Crippen MR) is 101 cm³/mol. The molecule has 0 heterocycles. The van der Waals surface area contributed by atoms with Gasteiger partial charge in [0.25, 0.3) is 5.69 Å². The van der Waals surface area contributed by atoms with Gasteiger partial charge in [-0.2, -0.15) is 0 Å². The standard InChI is InChI=1S/C18H21N3O6/c1-11-7-16(26-3)17(27-4)9-13(11)19-10-18(22)20-14-8-12(21(23)24)5-6-15(14)25-2/h5-9,19H,10H2,1-4H3,(H,20,22). The topological polar surface area (TPSA) is 112 Å². The third-order valence-corrected chi connectivity index (χ3v) is 3.84. The summed E-state index contributed by atoms with van der Waals surface area (Å²) in [6.07, 6.45) is 0. The quantitative estimate of drug-likeness (QED) is 0.539. The number of ether oxygens (including phenoxy) is 3. The number of rotatable bonds is 8. The van der Waals surface area contributed by atoms with Gasteiger partial charge in [0.05, 0.1) is 38.5 Å². The third kappa shape index (κ3) is 4.78. The van der Waals surface area contributed by atoms with E-state index in [1.807, 2.05) is 6.92 Å². The van der Waals surface area contributed by atoms with Crippen LogP contribution in [0.25, 0.3) is 0 Å². The van der Waals surface area contributed by atoms with Gasteiger partial charge in [0.2, 0.25) is 5.91 Å². The molecule has 0 saturated carbocycles. The van der Waals surface area contributed by atoms with Gasteiger partial charge in [-0.05, 0) is 24.6 Å². The van der Waals surface area contributed by atoms with Gasteiger partial charge in [-0.3, -0.25) is 14.9 Å². The number of amides is 1. The number of carbonyl (C=O) groups is 1. The first-order valence-electron chi connectivity index (χ1n) is 7.98. The minimum absolute atomic E-state index is 0.0534. The highest BCUT2D eigenvalue weighted by Gasteiger charge is 2.14. The largest absolute Gasteiger partial charge is 0.495 e. The zero-order valence-corrected chi connectivity index (χ0v) is 15.5. The molecule has 0 bridgehead atoms. The molecule has 144 valence electrons. The van der Waals surface area contributed by atoms with Crippen LogP contribution >= 0.6 is 0 Å². The Morgan fingerprint density at radius 2 is 1.63 bits per heavy atom. The first kappa shape index (κ1) is 19.8. The molecule has 0 unspecified atom stereocenters. The highest BCUT2D eigenvalue weighted by atomic mass is 16.6. The predicted octanol–water partition coefficient (Wildman–Crippen LogP) is 2.98. The summed E-state index contributed by atoms with van der Waals surface area (Å²) in [6.45, 7) is 1.81. The Morgan fingerprint density at radius 3 is 2.22 bits per heavy atom. The molecule has 27 heavy (non-hydrogen) atoms. The van der Waals surface area contributed by atoms with Crippen molar-refractivity contribution in [2.24, 2.45) is 0 Å². The van der Waals surface area contributed by atoms with Crippen molar-refractivity contribution in [1.29, 1.82) is 0 Å². The van der Waals surface area contributed by atoms with Crippen LogP contribution < -0.4 is 24.8 Å². The number of hydrogen-bond acceptors (Lipinski definition) is 7. The summed E-state index contributed by atoms with van der Waals surface area (Å²) < 4.78 is 15.6. The second-order valence-corrected chi connectivity index (χ2v) is 5.57. The van der Waals surface area contributed by atoms with Gasteiger partial charge in [-0.15, -0.1) is 0 Å². The fourth-order valence-electron chi connectivity index (χ4n) is 2.45. The van der Waals surface area contributed by atoms with Gasteiger partial charge in [-0.1, -0.05) is 0 Å². The molecule has 0 atom stereocenters. The van der Waals surface area contributed by atoms with Crippen molar-refractivity contribution in [3.8, 4) is 17.2 Å². The number of hydrogen-bond donors (Lipinski definition) is 2. The maximum atomic E-state index is 12.3. The summed E-state index contributed by atoms with van der Waals surface area (Å²) in [4.78, 5) is 22.6. The molecule has 0 aliphatic heterocycles. The molecule has 0 fully saturated rings. The summed E-state index contributed by atoms with van der Waals surface area (Å²) in [5.74, 6) is 1.07. The fraction of sp³-hybridized carbons (Fsp3) is 0.278. The minimum atomic E-state index is -0.541. The number of nitrogens with one attached hydrogen (secondary N) is 2. The van der Waals surface area contributed by atoms with Crippen LogP contribution in [0.2, 0.25) is 0 Å². The van der Waals surface area contributed by atoms with Gasteiger partial charge in [-0.25, -0.2) is 0 Å². The van der Waals surface area contributed by atoms with E-state index in [-0.39, 0.29) is 23.8 Å². The monoisotopic (exact) mass is 375 g/mol. The molecule has 2 aromatic carbocycles. The van der Waals surface area contributed by atoms with Crippen LogP contribution in [0.1, 0.15) is 5.56 Å². The number of aryl methyl sites for hydroxylation is 1. The fourth-order valence-corrected chi connectivity index (χ4v) is 2.45. The third-order valence-electron chi connectivity index (χ3n) is 3.84. The molecular weight excluding hydrogens is 354 g/mol. The summed E-state index contributed by atoms with van der Waals surface area (Å²) in [7, 11) is 4.49. The Morgan fingerprint density at radius 1 is 1.00 bits per heavy atom. The first-order chi connectivity index (χ1) is 12.9. The molecule has 1 amide bonds. The lowest BCUT2D eigenvalue weighted by Crippen LogP contribution is -2.22. The molecule has 2 aromatic rings. The maximum absolute atomic E-state index is 12.3. The van der Waals surface area contributed by atoms with Gasteiger partial charge in [0.15, 0.2) is 11.5 Å². The van der Waals surface area contributed by atoms with E-state index in [0.717, 1.165) is 5.56 Å². The van der Waals surface area contributed by atoms with E-state index in [0.29, 0.717) is 22.9 Å². The van der Waals surface area contributed by atoms with Crippen LogP contribution in [0, 0.1) is 17.0 Å². The SMILES string of the molecule is COc1ccc([N+](=O)[O-])cc1NC(=O)CNc1cc(OC)c(OC)cc1C. The van der Waals surface area contributed by atoms with Gasteiger partial charge in [0.1, 0.15) is 5.75 Å². The zero-order chi connectivity index (χ0) is 20.0. The smallest absolute Gasteiger partial charge is 0.271 e. The van der Waals surface area contributed by atoms with Crippen molar-refractivity contribution in [1.82, 2.24) is 0 Å². The number of nitro groups is 1. The van der Waals surface area contributed by atoms with Crippen molar-refractivity contribution >= 4 is 23.0 Å². The minimum Gasteiger partial charge on any atom is -0.495 e. The van der Waals surface area contributed by atoms with E-state index < -0.39 is 4.92 Å². The molecule has 0 spiro atoms. The average molecular weight is 375 g/mol.